The van der Waals surface area contributed by atoms with E-state index < -0.39 is 44.5 Å². The van der Waals surface area contributed by atoms with Gasteiger partial charge in [0, 0.05) is 11.4 Å². The third-order valence-corrected chi connectivity index (χ3v) is 4.74. The Balaban J connectivity index is 2.07. The molecular formula is C16H16F2N4O4S. The minimum absolute atomic E-state index is 0.140. The highest BCUT2D eigenvalue weighted by molar-refractivity contribution is 7.92. The van der Waals surface area contributed by atoms with Crippen LogP contribution in [0.25, 0.3) is 0 Å². The molecule has 3 amide bonds. The zero-order chi connectivity index (χ0) is 20.2. The molecule has 0 aliphatic rings. The zero-order valence-corrected chi connectivity index (χ0v) is 14.8. The van der Waals surface area contributed by atoms with E-state index in [9.17, 15) is 26.8 Å². The molecule has 2 aromatic carbocycles. The molecule has 1 atom stereocenters. The number of amides is 3. The van der Waals surface area contributed by atoms with Crippen LogP contribution in [-0.2, 0) is 14.8 Å². The van der Waals surface area contributed by atoms with Crippen molar-refractivity contribution >= 4 is 33.3 Å². The SMILES string of the molecule is CC(NC(N)=O)C(=O)Nc1ccc(NS(=O)(=O)c2ccc(F)c(F)c2)cc1. The topological polar surface area (TPSA) is 130 Å². The van der Waals surface area contributed by atoms with Crippen molar-refractivity contribution < 1.29 is 26.8 Å². The van der Waals surface area contributed by atoms with E-state index in [2.05, 4.69) is 15.4 Å². The first-order chi connectivity index (χ1) is 12.6. The van der Waals surface area contributed by atoms with Crippen LogP contribution in [0, 0.1) is 11.6 Å². The number of nitrogens with one attached hydrogen (secondary N) is 3. The van der Waals surface area contributed by atoms with E-state index in [0.29, 0.717) is 17.8 Å². The minimum atomic E-state index is -4.12. The van der Waals surface area contributed by atoms with Crippen molar-refractivity contribution in [3.63, 3.8) is 0 Å². The highest BCUT2D eigenvalue weighted by Crippen LogP contribution is 2.20. The van der Waals surface area contributed by atoms with Crippen LogP contribution in [-0.4, -0.2) is 26.4 Å². The molecule has 5 N–H and O–H groups in total. The number of hydrogen-bond donors (Lipinski definition) is 4. The van der Waals surface area contributed by atoms with Gasteiger partial charge in [0.25, 0.3) is 10.0 Å². The first-order valence-corrected chi connectivity index (χ1v) is 9.01. The Morgan fingerprint density at radius 1 is 1.00 bits per heavy atom. The number of carbonyl (C=O) groups excluding carboxylic acids is 2. The molecule has 0 saturated heterocycles. The van der Waals surface area contributed by atoms with Gasteiger partial charge in [0.2, 0.25) is 5.91 Å². The van der Waals surface area contributed by atoms with Gasteiger partial charge >= 0.3 is 6.03 Å². The van der Waals surface area contributed by atoms with E-state index in [1.54, 1.807) is 0 Å². The molecule has 0 aliphatic heterocycles. The van der Waals surface area contributed by atoms with Gasteiger partial charge in [-0.25, -0.2) is 22.0 Å². The van der Waals surface area contributed by atoms with Crippen molar-refractivity contribution in [2.24, 2.45) is 5.73 Å². The summed E-state index contributed by atoms with van der Waals surface area (Å²) >= 11 is 0. The molecule has 0 aliphatic carbocycles. The average molecular weight is 398 g/mol. The van der Waals surface area contributed by atoms with E-state index in [0.717, 1.165) is 6.07 Å². The summed E-state index contributed by atoms with van der Waals surface area (Å²) < 4.78 is 52.8. The van der Waals surface area contributed by atoms with E-state index in [4.69, 9.17) is 5.73 Å². The van der Waals surface area contributed by atoms with Gasteiger partial charge in [0.1, 0.15) is 6.04 Å². The molecule has 0 fully saturated rings. The van der Waals surface area contributed by atoms with Gasteiger partial charge in [-0.2, -0.15) is 0 Å². The summed E-state index contributed by atoms with van der Waals surface area (Å²) in [5.41, 5.74) is 5.41. The molecule has 0 radical (unpaired) electrons. The summed E-state index contributed by atoms with van der Waals surface area (Å²) in [7, 11) is -4.12. The number of anilines is 2. The molecule has 1 unspecified atom stereocenters. The van der Waals surface area contributed by atoms with E-state index >= 15 is 0 Å². The molecule has 2 aromatic rings. The average Bonchev–Trinajstić information content (AvgIpc) is 2.58. The fraction of sp³-hybridized carbons (Fsp3) is 0.125. The molecule has 144 valence electrons. The van der Waals surface area contributed by atoms with E-state index in [1.807, 2.05) is 0 Å². The Hall–Kier alpha value is -3.21. The maximum atomic E-state index is 13.2. The normalized spacial score (nSPS) is 12.1. The number of hydrogen-bond acceptors (Lipinski definition) is 4. The smallest absolute Gasteiger partial charge is 0.312 e. The van der Waals surface area contributed by atoms with Gasteiger partial charge in [0.15, 0.2) is 11.6 Å². The number of sulfonamides is 1. The fourth-order valence-corrected chi connectivity index (χ4v) is 3.08. The number of urea groups is 1. The quantitative estimate of drug-likeness (QED) is 0.591. The van der Waals surface area contributed by atoms with Crippen LogP contribution in [0.15, 0.2) is 47.4 Å². The molecule has 0 saturated carbocycles. The highest BCUT2D eigenvalue weighted by Gasteiger charge is 2.17. The van der Waals surface area contributed by atoms with Crippen molar-refractivity contribution in [3.05, 3.63) is 54.1 Å². The molecule has 27 heavy (non-hydrogen) atoms. The summed E-state index contributed by atoms with van der Waals surface area (Å²) in [4.78, 5) is 22.1. The number of primary amides is 1. The number of carbonyl (C=O) groups is 2. The molecule has 0 spiro atoms. The van der Waals surface area contributed by atoms with Gasteiger partial charge in [-0.05, 0) is 49.4 Å². The van der Waals surface area contributed by atoms with Crippen LogP contribution in [0.4, 0.5) is 25.0 Å². The third-order valence-electron chi connectivity index (χ3n) is 3.36. The zero-order valence-electron chi connectivity index (χ0n) is 14.0. The van der Waals surface area contributed by atoms with E-state index in [1.165, 1.54) is 31.2 Å². The van der Waals surface area contributed by atoms with Crippen LogP contribution in [0.5, 0.6) is 0 Å². The molecule has 8 nitrogen and oxygen atoms in total. The first-order valence-electron chi connectivity index (χ1n) is 7.53. The lowest BCUT2D eigenvalue weighted by atomic mass is 10.2. The van der Waals surface area contributed by atoms with Gasteiger partial charge in [-0.15, -0.1) is 0 Å². The van der Waals surface area contributed by atoms with Crippen molar-refractivity contribution in [2.45, 2.75) is 17.9 Å². The predicted molar refractivity (Wildman–Crippen MR) is 94.4 cm³/mol. The van der Waals surface area contributed by atoms with Crippen LogP contribution in [0.3, 0.4) is 0 Å². The lowest BCUT2D eigenvalue weighted by Gasteiger charge is -2.13. The monoisotopic (exact) mass is 398 g/mol. The van der Waals surface area contributed by atoms with Crippen LogP contribution >= 0.6 is 0 Å². The number of halogens is 2. The molecule has 0 aromatic heterocycles. The Kier molecular flexibility index (Phi) is 5.95. The Labute approximate surface area is 153 Å². The number of benzene rings is 2. The van der Waals surface area contributed by atoms with Crippen LogP contribution in [0.2, 0.25) is 0 Å². The molecule has 11 heteroatoms. The minimum Gasteiger partial charge on any atom is -0.352 e. The summed E-state index contributed by atoms with van der Waals surface area (Å²) in [6.45, 7) is 1.43. The Morgan fingerprint density at radius 3 is 2.15 bits per heavy atom. The van der Waals surface area contributed by atoms with Crippen molar-refractivity contribution in [1.29, 1.82) is 0 Å². The second kappa shape index (κ2) is 7.99. The van der Waals surface area contributed by atoms with Crippen molar-refractivity contribution in [2.75, 3.05) is 10.0 Å². The standard InChI is InChI=1S/C16H16F2N4O4S/c1-9(20-16(19)24)15(23)21-10-2-4-11(5-3-10)22-27(25,26)12-6-7-13(17)14(18)8-12/h2-9,22H,1H3,(H,21,23)(H3,19,20,24). The maximum Gasteiger partial charge on any atom is 0.312 e. The summed E-state index contributed by atoms with van der Waals surface area (Å²) in [6, 6.07) is 6.05. The van der Waals surface area contributed by atoms with Crippen LogP contribution < -0.4 is 21.1 Å². The summed E-state index contributed by atoms with van der Waals surface area (Å²) in [5, 5.41) is 4.71. The third kappa shape index (κ3) is 5.38. The number of rotatable bonds is 6. The largest absolute Gasteiger partial charge is 0.352 e. The number of nitrogens with two attached hydrogens (primary N) is 1. The fourth-order valence-electron chi connectivity index (χ4n) is 2.01. The van der Waals surface area contributed by atoms with Gasteiger partial charge in [-0.1, -0.05) is 0 Å². The Morgan fingerprint density at radius 2 is 1.59 bits per heavy atom. The molecular weight excluding hydrogens is 382 g/mol. The lowest BCUT2D eigenvalue weighted by molar-refractivity contribution is -0.117. The molecule has 2 rings (SSSR count). The van der Waals surface area contributed by atoms with Crippen molar-refractivity contribution in [3.8, 4) is 0 Å². The predicted octanol–water partition coefficient (Wildman–Crippen LogP) is 1.76. The second-order valence-electron chi connectivity index (χ2n) is 5.48. The Bertz CT molecular complexity index is 965. The molecule has 0 bridgehead atoms. The van der Waals surface area contributed by atoms with Gasteiger partial charge in [0.05, 0.1) is 4.90 Å². The lowest BCUT2D eigenvalue weighted by Crippen LogP contribution is -2.44. The second-order valence-corrected chi connectivity index (χ2v) is 7.16. The summed E-state index contributed by atoms with van der Waals surface area (Å²) in [6.07, 6.45) is 0. The van der Waals surface area contributed by atoms with Gasteiger partial charge < -0.3 is 16.4 Å². The molecule has 0 heterocycles. The van der Waals surface area contributed by atoms with Gasteiger partial charge in [-0.3, -0.25) is 9.52 Å². The van der Waals surface area contributed by atoms with Crippen LogP contribution in [0.1, 0.15) is 6.92 Å². The highest BCUT2D eigenvalue weighted by atomic mass is 32.2. The maximum absolute atomic E-state index is 13.2. The summed E-state index contributed by atoms with van der Waals surface area (Å²) in [5.74, 6) is -2.97. The van der Waals surface area contributed by atoms with Crippen molar-refractivity contribution in [1.82, 2.24) is 5.32 Å². The first kappa shape index (κ1) is 20.1. The van der Waals surface area contributed by atoms with E-state index in [-0.39, 0.29) is 5.69 Å².